The van der Waals surface area contributed by atoms with E-state index in [-0.39, 0.29) is 18.0 Å². The van der Waals surface area contributed by atoms with Crippen molar-refractivity contribution < 1.29 is 19.4 Å². The van der Waals surface area contributed by atoms with Gasteiger partial charge >= 0.3 is 0 Å². The van der Waals surface area contributed by atoms with Crippen LogP contribution in [0.2, 0.25) is 0 Å². The molecule has 186 valence electrons. The first-order chi connectivity index (χ1) is 17.4. The molecule has 4 aromatic rings. The minimum atomic E-state index is -1.14. The first-order valence-corrected chi connectivity index (χ1v) is 11.6. The van der Waals surface area contributed by atoms with E-state index in [2.05, 4.69) is 10.1 Å². The number of aliphatic hydroxyl groups is 1. The fourth-order valence-corrected chi connectivity index (χ4v) is 4.53. The van der Waals surface area contributed by atoms with E-state index in [1.165, 1.54) is 31.3 Å². The highest BCUT2D eigenvalue weighted by Gasteiger charge is 2.35. The monoisotopic (exact) mass is 489 g/mol. The van der Waals surface area contributed by atoms with Crippen molar-refractivity contribution >= 4 is 16.9 Å². The third kappa shape index (κ3) is 4.42. The van der Waals surface area contributed by atoms with E-state index in [9.17, 15) is 14.7 Å². The number of nitrogens with zero attached hydrogens (tertiary/aromatic N) is 5. The highest BCUT2D eigenvalue weighted by molar-refractivity contribution is 5.95. The number of benzene rings is 2. The van der Waals surface area contributed by atoms with Crippen LogP contribution in [0.15, 0.2) is 65.8 Å². The summed E-state index contributed by atoms with van der Waals surface area (Å²) in [5.74, 6) is 0.899. The van der Waals surface area contributed by atoms with Gasteiger partial charge in [-0.2, -0.15) is 5.10 Å². The van der Waals surface area contributed by atoms with Crippen molar-refractivity contribution in [2.24, 2.45) is 0 Å². The van der Waals surface area contributed by atoms with Gasteiger partial charge in [0.2, 0.25) is 0 Å². The molecule has 36 heavy (non-hydrogen) atoms. The molecule has 0 radical (unpaired) electrons. The number of piperidine rings is 1. The number of para-hydroxylation sites is 1. The summed E-state index contributed by atoms with van der Waals surface area (Å²) in [7, 11) is 3.07. The summed E-state index contributed by atoms with van der Waals surface area (Å²) in [5.41, 5.74) is 0.317. The summed E-state index contributed by atoms with van der Waals surface area (Å²) < 4.78 is 13.6. The molecule has 1 N–H and O–H groups in total. The maximum atomic E-state index is 13.1. The molecule has 1 aliphatic rings. The van der Waals surface area contributed by atoms with E-state index in [0.717, 1.165) is 5.69 Å². The minimum Gasteiger partial charge on any atom is -0.497 e. The van der Waals surface area contributed by atoms with Gasteiger partial charge in [-0.1, -0.05) is 18.2 Å². The van der Waals surface area contributed by atoms with Gasteiger partial charge in [0.1, 0.15) is 23.2 Å². The van der Waals surface area contributed by atoms with Crippen LogP contribution in [-0.2, 0) is 6.54 Å². The molecular formula is C26H27N5O5. The van der Waals surface area contributed by atoms with Crippen LogP contribution in [0.5, 0.6) is 11.5 Å². The molecule has 2 aromatic heterocycles. The van der Waals surface area contributed by atoms with Gasteiger partial charge in [0.05, 0.1) is 38.2 Å². The summed E-state index contributed by atoms with van der Waals surface area (Å²) in [5, 5.41) is 16.0. The van der Waals surface area contributed by atoms with E-state index in [4.69, 9.17) is 9.47 Å². The third-order valence-electron chi connectivity index (χ3n) is 6.60. The van der Waals surface area contributed by atoms with Crippen LogP contribution in [0, 0.1) is 0 Å². The van der Waals surface area contributed by atoms with Gasteiger partial charge < -0.3 is 19.5 Å². The Balaban J connectivity index is 1.31. The standard InChI is InChI=1S/C26H27N5O5/c1-35-20-12-18(13-21(14-20)36-2)24(32)29-10-8-26(34,9-11-29)16-30-17-27-23-22(25(30)33)15-28-31(23)19-6-4-3-5-7-19/h3-7,12-15,17,34H,8-11,16H2,1-2H3. The zero-order valence-corrected chi connectivity index (χ0v) is 20.1. The number of likely N-dealkylation sites (tertiary alicyclic amines) is 1. The van der Waals surface area contributed by atoms with Crippen LogP contribution < -0.4 is 15.0 Å². The van der Waals surface area contributed by atoms with Crippen molar-refractivity contribution in [2.75, 3.05) is 27.3 Å². The Morgan fingerprint density at radius 1 is 1.06 bits per heavy atom. The number of carbonyl (C=O) groups is 1. The molecule has 1 fully saturated rings. The molecule has 1 aliphatic heterocycles. The molecule has 0 spiro atoms. The summed E-state index contributed by atoms with van der Waals surface area (Å²) in [6.07, 6.45) is 3.60. The maximum Gasteiger partial charge on any atom is 0.264 e. The zero-order chi connectivity index (χ0) is 25.3. The first kappa shape index (κ1) is 23.6. The van der Waals surface area contributed by atoms with Crippen LogP contribution in [0.3, 0.4) is 0 Å². The molecular weight excluding hydrogens is 462 g/mol. The Morgan fingerprint density at radius 2 is 1.72 bits per heavy atom. The third-order valence-corrected chi connectivity index (χ3v) is 6.60. The van der Waals surface area contributed by atoms with Gasteiger partial charge in [0, 0.05) is 24.7 Å². The molecule has 0 bridgehead atoms. The first-order valence-electron chi connectivity index (χ1n) is 11.6. The maximum absolute atomic E-state index is 13.1. The largest absolute Gasteiger partial charge is 0.497 e. The van der Waals surface area contributed by atoms with Crippen LogP contribution in [-0.4, -0.2) is 68.2 Å². The SMILES string of the molecule is COc1cc(OC)cc(C(=O)N2CCC(O)(Cn3cnc4c(cnn4-c4ccccc4)c3=O)CC2)c1. The van der Waals surface area contributed by atoms with Gasteiger partial charge in [-0.3, -0.25) is 14.2 Å². The molecule has 10 nitrogen and oxygen atoms in total. The number of aromatic nitrogens is 4. The summed E-state index contributed by atoms with van der Waals surface area (Å²) >= 11 is 0. The van der Waals surface area contributed by atoms with E-state index in [1.807, 2.05) is 30.3 Å². The smallest absolute Gasteiger partial charge is 0.264 e. The van der Waals surface area contributed by atoms with Crippen molar-refractivity contribution in [2.45, 2.75) is 25.0 Å². The molecule has 0 aliphatic carbocycles. The average molecular weight is 490 g/mol. The number of hydrogen-bond donors (Lipinski definition) is 1. The fraction of sp³-hybridized carbons (Fsp3) is 0.308. The molecule has 0 atom stereocenters. The average Bonchev–Trinajstić information content (AvgIpc) is 3.35. The Kier molecular flexibility index (Phi) is 6.19. The van der Waals surface area contributed by atoms with Gasteiger partial charge in [-0.25, -0.2) is 9.67 Å². The normalized spacial score (nSPS) is 15.1. The molecule has 1 saturated heterocycles. The molecule has 5 rings (SSSR count). The Labute approximate surface area is 207 Å². The van der Waals surface area contributed by atoms with Crippen LogP contribution >= 0.6 is 0 Å². The van der Waals surface area contributed by atoms with Crippen molar-refractivity contribution in [3.05, 3.63) is 77.0 Å². The molecule has 10 heteroatoms. The lowest BCUT2D eigenvalue weighted by Crippen LogP contribution is -2.49. The van der Waals surface area contributed by atoms with Crippen LogP contribution in [0.1, 0.15) is 23.2 Å². The molecule has 3 heterocycles. The van der Waals surface area contributed by atoms with E-state index >= 15 is 0 Å². The van der Waals surface area contributed by atoms with Gasteiger partial charge in [-0.15, -0.1) is 0 Å². The lowest BCUT2D eigenvalue weighted by atomic mass is 9.91. The van der Waals surface area contributed by atoms with E-state index in [1.54, 1.807) is 27.8 Å². The van der Waals surface area contributed by atoms with E-state index in [0.29, 0.717) is 54.0 Å². The number of rotatable bonds is 6. The molecule has 1 amide bonds. The molecule has 2 aromatic carbocycles. The number of ether oxygens (including phenoxy) is 2. The predicted octanol–water partition coefficient (Wildman–Crippen LogP) is 2.27. The summed E-state index contributed by atoms with van der Waals surface area (Å²) in [6, 6.07) is 14.5. The lowest BCUT2D eigenvalue weighted by molar-refractivity contribution is -0.0299. The second-order valence-electron chi connectivity index (χ2n) is 8.92. The topological polar surface area (TPSA) is 112 Å². The van der Waals surface area contributed by atoms with Gasteiger partial charge in [0.15, 0.2) is 5.65 Å². The second kappa shape index (κ2) is 9.46. The number of amides is 1. The fourth-order valence-electron chi connectivity index (χ4n) is 4.53. The Morgan fingerprint density at radius 3 is 2.36 bits per heavy atom. The quantitative estimate of drug-likeness (QED) is 0.442. The van der Waals surface area contributed by atoms with E-state index < -0.39 is 5.60 Å². The molecule has 0 unspecified atom stereocenters. The van der Waals surface area contributed by atoms with Crippen molar-refractivity contribution in [3.8, 4) is 17.2 Å². The van der Waals surface area contributed by atoms with Crippen LogP contribution in [0.4, 0.5) is 0 Å². The number of fused-ring (bicyclic) bond motifs is 1. The van der Waals surface area contributed by atoms with Crippen LogP contribution in [0.25, 0.3) is 16.7 Å². The summed E-state index contributed by atoms with van der Waals surface area (Å²) in [6.45, 7) is 0.788. The second-order valence-corrected chi connectivity index (χ2v) is 8.92. The van der Waals surface area contributed by atoms with Crippen molar-refractivity contribution in [3.63, 3.8) is 0 Å². The highest BCUT2D eigenvalue weighted by atomic mass is 16.5. The number of carbonyl (C=O) groups excluding carboxylic acids is 1. The van der Waals surface area contributed by atoms with Gasteiger partial charge in [0.25, 0.3) is 11.5 Å². The predicted molar refractivity (Wildman–Crippen MR) is 133 cm³/mol. The highest BCUT2D eigenvalue weighted by Crippen LogP contribution is 2.28. The minimum absolute atomic E-state index is 0.0836. The Hall–Kier alpha value is -4.18. The van der Waals surface area contributed by atoms with Gasteiger partial charge in [-0.05, 0) is 37.1 Å². The summed E-state index contributed by atoms with van der Waals surface area (Å²) in [4.78, 5) is 32.4. The van der Waals surface area contributed by atoms with Crippen molar-refractivity contribution in [1.29, 1.82) is 0 Å². The lowest BCUT2D eigenvalue weighted by Gasteiger charge is -2.38. The number of methoxy groups -OCH3 is 2. The zero-order valence-electron chi connectivity index (χ0n) is 20.1. The molecule has 0 saturated carbocycles. The number of hydrogen-bond acceptors (Lipinski definition) is 7. The van der Waals surface area contributed by atoms with Crippen molar-refractivity contribution in [1.82, 2.24) is 24.2 Å². The Bertz CT molecular complexity index is 1430.